The summed E-state index contributed by atoms with van der Waals surface area (Å²) in [5, 5.41) is 20.0. The zero-order valence-electron chi connectivity index (χ0n) is 15.2. The zero-order chi connectivity index (χ0) is 19.8. The normalized spacial score (nSPS) is 13.5. The number of anilines is 1. The SMILES string of the molecule is Cc1cc(O)n(-c2ccc(Cc3ccc(N4C(=O)C=CC4=O)cc3)cc2)c1O. The van der Waals surface area contributed by atoms with Crippen LogP contribution in [0.2, 0.25) is 0 Å². The molecule has 4 rings (SSSR count). The van der Waals surface area contributed by atoms with Gasteiger partial charge in [-0.05, 0) is 48.7 Å². The molecule has 0 spiro atoms. The standard InChI is InChI=1S/C22H18N2O4/c1-14-12-21(27)24(22(14)28)18-8-4-16(5-9-18)13-15-2-6-17(7-3-15)23-19(25)10-11-20(23)26/h2-12,27-28H,13H2,1H3. The molecule has 2 amide bonds. The van der Waals surface area contributed by atoms with Gasteiger partial charge >= 0.3 is 0 Å². The minimum absolute atomic E-state index is 0.0150. The summed E-state index contributed by atoms with van der Waals surface area (Å²) in [4.78, 5) is 24.6. The third kappa shape index (κ3) is 3.05. The molecule has 0 aliphatic carbocycles. The molecule has 140 valence electrons. The van der Waals surface area contributed by atoms with Crippen LogP contribution in [0.4, 0.5) is 5.69 Å². The molecular weight excluding hydrogens is 356 g/mol. The van der Waals surface area contributed by atoms with E-state index in [2.05, 4.69) is 0 Å². The zero-order valence-corrected chi connectivity index (χ0v) is 15.2. The molecule has 0 radical (unpaired) electrons. The van der Waals surface area contributed by atoms with Gasteiger partial charge in [0, 0.05) is 23.8 Å². The highest BCUT2D eigenvalue weighted by molar-refractivity contribution is 6.28. The summed E-state index contributed by atoms with van der Waals surface area (Å²) in [7, 11) is 0. The Morgan fingerprint density at radius 3 is 1.75 bits per heavy atom. The van der Waals surface area contributed by atoms with Crippen molar-refractivity contribution in [1.82, 2.24) is 4.57 Å². The lowest BCUT2D eigenvalue weighted by atomic mass is 10.0. The van der Waals surface area contributed by atoms with Crippen molar-refractivity contribution < 1.29 is 19.8 Å². The quantitative estimate of drug-likeness (QED) is 0.687. The molecule has 0 saturated heterocycles. The predicted molar refractivity (Wildman–Crippen MR) is 105 cm³/mol. The van der Waals surface area contributed by atoms with Gasteiger partial charge in [0.15, 0.2) is 5.88 Å². The Morgan fingerprint density at radius 1 is 0.786 bits per heavy atom. The number of nitrogens with zero attached hydrogens (tertiary/aromatic N) is 2. The Kier molecular flexibility index (Phi) is 4.24. The lowest BCUT2D eigenvalue weighted by Crippen LogP contribution is -2.29. The van der Waals surface area contributed by atoms with Crippen LogP contribution in [0.25, 0.3) is 5.69 Å². The van der Waals surface area contributed by atoms with Gasteiger partial charge in [-0.3, -0.25) is 14.2 Å². The van der Waals surface area contributed by atoms with Crippen molar-refractivity contribution in [2.75, 3.05) is 4.90 Å². The van der Waals surface area contributed by atoms with E-state index >= 15 is 0 Å². The maximum atomic E-state index is 11.7. The Balaban J connectivity index is 1.50. The fourth-order valence-electron chi connectivity index (χ4n) is 3.28. The van der Waals surface area contributed by atoms with Crippen LogP contribution in [-0.2, 0) is 16.0 Å². The second kappa shape index (κ2) is 6.74. The Bertz CT molecular complexity index is 1070. The van der Waals surface area contributed by atoms with Gasteiger partial charge in [-0.2, -0.15) is 0 Å². The van der Waals surface area contributed by atoms with E-state index < -0.39 is 0 Å². The van der Waals surface area contributed by atoms with E-state index in [0.29, 0.717) is 23.4 Å². The minimum Gasteiger partial charge on any atom is -0.494 e. The maximum Gasteiger partial charge on any atom is 0.258 e. The minimum atomic E-state index is -0.333. The number of aryl methyl sites for hydroxylation is 1. The summed E-state index contributed by atoms with van der Waals surface area (Å²) in [6, 6.07) is 16.3. The number of hydrogen-bond donors (Lipinski definition) is 2. The van der Waals surface area contributed by atoms with Gasteiger partial charge in [-0.15, -0.1) is 0 Å². The molecule has 0 saturated carbocycles. The summed E-state index contributed by atoms with van der Waals surface area (Å²) in [6.45, 7) is 1.73. The van der Waals surface area contributed by atoms with E-state index in [9.17, 15) is 19.8 Å². The fourth-order valence-corrected chi connectivity index (χ4v) is 3.28. The third-order valence-corrected chi connectivity index (χ3v) is 4.75. The van der Waals surface area contributed by atoms with Crippen LogP contribution in [0.5, 0.6) is 11.8 Å². The van der Waals surface area contributed by atoms with Crippen molar-refractivity contribution in [2.45, 2.75) is 13.3 Å². The number of carbonyl (C=O) groups excluding carboxylic acids is 2. The molecule has 0 bridgehead atoms. The number of aromatic hydroxyl groups is 2. The summed E-state index contributed by atoms with van der Waals surface area (Å²) < 4.78 is 1.38. The molecule has 0 unspecified atom stereocenters. The van der Waals surface area contributed by atoms with Crippen molar-refractivity contribution in [3.8, 4) is 17.4 Å². The molecule has 1 aliphatic rings. The average Bonchev–Trinajstić information content (AvgIpc) is 3.14. The highest BCUT2D eigenvalue weighted by Gasteiger charge is 2.24. The van der Waals surface area contributed by atoms with Crippen LogP contribution in [-0.4, -0.2) is 26.6 Å². The molecule has 0 atom stereocenters. The van der Waals surface area contributed by atoms with Gasteiger partial charge in [-0.25, -0.2) is 4.90 Å². The Morgan fingerprint density at radius 2 is 1.29 bits per heavy atom. The number of imide groups is 1. The van der Waals surface area contributed by atoms with Crippen molar-refractivity contribution in [3.63, 3.8) is 0 Å². The molecule has 0 fully saturated rings. The first-order valence-electron chi connectivity index (χ1n) is 8.78. The van der Waals surface area contributed by atoms with E-state index in [1.54, 1.807) is 19.1 Å². The maximum absolute atomic E-state index is 11.7. The molecule has 6 nitrogen and oxygen atoms in total. The Labute approximate surface area is 161 Å². The van der Waals surface area contributed by atoms with Gasteiger partial charge in [0.1, 0.15) is 0 Å². The highest BCUT2D eigenvalue weighted by atomic mass is 16.3. The van der Waals surface area contributed by atoms with Crippen LogP contribution in [0.1, 0.15) is 16.7 Å². The lowest BCUT2D eigenvalue weighted by Gasteiger charge is -2.14. The molecule has 2 aromatic carbocycles. The van der Waals surface area contributed by atoms with E-state index in [1.807, 2.05) is 36.4 Å². The summed E-state index contributed by atoms with van der Waals surface area (Å²) in [5.41, 5.74) is 3.90. The van der Waals surface area contributed by atoms with Gasteiger partial charge in [0.05, 0.1) is 11.4 Å². The first-order valence-corrected chi connectivity index (χ1v) is 8.78. The molecule has 1 aliphatic heterocycles. The monoisotopic (exact) mass is 374 g/mol. The van der Waals surface area contributed by atoms with Gasteiger partial charge in [0.25, 0.3) is 11.8 Å². The molecular formula is C22H18N2O4. The largest absolute Gasteiger partial charge is 0.494 e. The number of hydrogen-bond acceptors (Lipinski definition) is 4. The van der Waals surface area contributed by atoms with E-state index in [4.69, 9.17) is 0 Å². The van der Waals surface area contributed by atoms with Crippen LogP contribution in [0.15, 0.2) is 66.7 Å². The predicted octanol–water partition coefficient (Wildman–Crippen LogP) is 3.22. The van der Waals surface area contributed by atoms with Crippen LogP contribution in [0, 0.1) is 6.92 Å². The van der Waals surface area contributed by atoms with Crippen LogP contribution in [0.3, 0.4) is 0 Å². The van der Waals surface area contributed by atoms with Crippen molar-refractivity contribution in [3.05, 3.63) is 83.4 Å². The van der Waals surface area contributed by atoms with E-state index in [1.165, 1.54) is 22.8 Å². The fraction of sp³-hybridized carbons (Fsp3) is 0.0909. The van der Waals surface area contributed by atoms with Gasteiger partial charge in [-0.1, -0.05) is 24.3 Å². The smallest absolute Gasteiger partial charge is 0.258 e. The third-order valence-electron chi connectivity index (χ3n) is 4.75. The summed E-state index contributed by atoms with van der Waals surface area (Å²) >= 11 is 0. The molecule has 1 aromatic heterocycles. The number of aromatic nitrogens is 1. The topological polar surface area (TPSA) is 82.8 Å². The average molecular weight is 374 g/mol. The molecule has 28 heavy (non-hydrogen) atoms. The first-order chi connectivity index (χ1) is 13.4. The summed E-state index contributed by atoms with van der Waals surface area (Å²) in [6.07, 6.45) is 3.20. The van der Waals surface area contributed by atoms with Crippen LogP contribution >= 0.6 is 0 Å². The summed E-state index contributed by atoms with van der Waals surface area (Å²) in [5.74, 6) is -0.666. The lowest BCUT2D eigenvalue weighted by molar-refractivity contribution is -0.119. The molecule has 2 heterocycles. The second-order valence-corrected chi connectivity index (χ2v) is 6.70. The van der Waals surface area contributed by atoms with E-state index in [0.717, 1.165) is 16.0 Å². The Hall–Kier alpha value is -3.80. The van der Waals surface area contributed by atoms with Gasteiger partial charge in [0.2, 0.25) is 5.88 Å². The molecule has 3 aromatic rings. The van der Waals surface area contributed by atoms with Crippen molar-refractivity contribution in [1.29, 1.82) is 0 Å². The van der Waals surface area contributed by atoms with E-state index in [-0.39, 0.29) is 23.6 Å². The molecule has 2 N–H and O–H groups in total. The number of amides is 2. The first kappa shape index (κ1) is 17.6. The van der Waals surface area contributed by atoms with Crippen molar-refractivity contribution >= 4 is 17.5 Å². The molecule has 6 heteroatoms. The van der Waals surface area contributed by atoms with Crippen LogP contribution < -0.4 is 4.90 Å². The number of carbonyl (C=O) groups is 2. The number of benzene rings is 2. The second-order valence-electron chi connectivity index (χ2n) is 6.70. The highest BCUT2D eigenvalue weighted by Crippen LogP contribution is 2.31. The number of rotatable bonds is 4. The van der Waals surface area contributed by atoms with Crippen molar-refractivity contribution in [2.24, 2.45) is 0 Å². The van der Waals surface area contributed by atoms with Gasteiger partial charge < -0.3 is 10.2 Å².